The van der Waals surface area contributed by atoms with Crippen molar-refractivity contribution < 1.29 is 9.84 Å². The van der Waals surface area contributed by atoms with E-state index in [-0.39, 0.29) is 0 Å². The Hall–Kier alpha value is -1.28. The van der Waals surface area contributed by atoms with E-state index in [4.69, 9.17) is 9.84 Å². The minimum absolute atomic E-state index is 0.301. The fourth-order valence-corrected chi connectivity index (χ4v) is 1.75. The molecule has 0 radical (unpaired) electrons. The minimum Gasteiger partial charge on any atom is -0.496 e. The number of ether oxygens (including phenoxy) is 1. The fraction of sp³-hybridized carbons (Fsp3) is 0.579. The molecule has 0 fully saturated rings. The summed E-state index contributed by atoms with van der Waals surface area (Å²) in [6.45, 7) is 10.4. The van der Waals surface area contributed by atoms with Crippen LogP contribution in [-0.2, 0) is 0 Å². The largest absolute Gasteiger partial charge is 0.496 e. The van der Waals surface area contributed by atoms with E-state index < -0.39 is 0 Å². The second kappa shape index (κ2) is 16.8. The van der Waals surface area contributed by atoms with E-state index in [1.165, 1.54) is 5.56 Å². The average Bonchev–Trinajstić information content (AvgIpc) is 2.55. The first-order valence-corrected chi connectivity index (χ1v) is 8.20. The van der Waals surface area contributed by atoms with Gasteiger partial charge in [-0.3, -0.25) is 0 Å². The van der Waals surface area contributed by atoms with Gasteiger partial charge in [0.2, 0.25) is 0 Å². The highest BCUT2D eigenvalue weighted by molar-refractivity contribution is 5.58. The summed E-state index contributed by atoms with van der Waals surface area (Å²) in [6, 6.07) is 6.18. The van der Waals surface area contributed by atoms with Crippen molar-refractivity contribution in [2.24, 2.45) is 0 Å². The lowest BCUT2D eigenvalue weighted by Gasteiger charge is -2.05. The van der Waals surface area contributed by atoms with Crippen LogP contribution in [0.25, 0.3) is 6.08 Å². The van der Waals surface area contributed by atoms with Gasteiger partial charge in [0.05, 0.1) is 7.11 Å². The van der Waals surface area contributed by atoms with E-state index in [9.17, 15) is 0 Å². The zero-order valence-corrected chi connectivity index (χ0v) is 14.8. The van der Waals surface area contributed by atoms with Crippen LogP contribution >= 0.6 is 0 Å². The number of hydrogen-bond acceptors (Lipinski definition) is 2. The molecule has 0 saturated heterocycles. The van der Waals surface area contributed by atoms with Crippen LogP contribution in [-0.4, -0.2) is 18.8 Å². The summed E-state index contributed by atoms with van der Waals surface area (Å²) in [5.41, 5.74) is 2.38. The number of aliphatic hydroxyl groups excluding tert-OH is 1. The molecule has 21 heavy (non-hydrogen) atoms. The number of hydrogen-bond donors (Lipinski definition) is 1. The molecule has 1 N–H and O–H groups in total. The first-order chi connectivity index (χ1) is 10.3. The van der Waals surface area contributed by atoms with Gasteiger partial charge in [-0.2, -0.15) is 0 Å². The van der Waals surface area contributed by atoms with Crippen molar-refractivity contribution in [3.63, 3.8) is 0 Å². The summed E-state index contributed by atoms with van der Waals surface area (Å²) in [5.74, 6) is 0.919. The van der Waals surface area contributed by atoms with Crippen LogP contribution in [0, 0.1) is 6.92 Å². The number of allylic oxidation sites excluding steroid dienone is 1. The van der Waals surface area contributed by atoms with Gasteiger partial charge in [0.15, 0.2) is 0 Å². The third-order valence-electron chi connectivity index (χ3n) is 2.71. The third kappa shape index (κ3) is 11.1. The van der Waals surface area contributed by atoms with E-state index in [1.54, 1.807) is 7.11 Å². The van der Waals surface area contributed by atoms with Gasteiger partial charge < -0.3 is 9.84 Å². The van der Waals surface area contributed by atoms with E-state index >= 15 is 0 Å². The molecule has 0 aromatic heterocycles. The number of rotatable bonds is 7. The maximum atomic E-state index is 8.67. The van der Waals surface area contributed by atoms with E-state index in [0.717, 1.165) is 37.0 Å². The maximum Gasteiger partial charge on any atom is 0.126 e. The highest BCUT2D eigenvalue weighted by Crippen LogP contribution is 2.21. The van der Waals surface area contributed by atoms with Crippen LogP contribution in [0.2, 0.25) is 0 Å². The van der Waals surface area contributed by atoms with E-state index in [1.807, 2.05) is 33.8 Å². The molecule has 0 heterocycles. The van der Waals surface area contributed by atoms with Crippen LogP contribution < -0.4 is 4.74 Å². The molecule has 0 unspecified atom stereocenters. The number of aliphatic hydroxyl groups is 1. The van der Waals surface area contributed by atoms with Gasteiger partial charge in [-0.15, -0.1) is 0 Å². The second-order valence-electron chi connectivity index (χ2n) is 4.22. The van der Waals surface area contributed by atoms with Crippen LogP contribution in [0.15, 0.2) is 24.3 Å². The smallest absolute Gasteiger partial charge is 0.126 e. The fourth-order valence-electron chi connectivity index (χ4n) is 1.75. The molecule has 2 heteroatoms. The quantitative estimate of drug-likeness (QED) is 0.661. The molecule has 0 atom stereocenters. The van der Waals surface area contributed by atoms with Crippen molar-refractivity contribution in [1.29, 1.82) is 0 Å². The summed E-state index contributed by atoms with van der Waals surface area (Å²) < 4.78 is 5.31. The zero-order valence-electron chi connectivity index (χ0n) is 14.8. The second-order valence-corrected chi connectivity index (χ2v) is 4.22. The van der Waals surface area contributed by atoms with Gasteiger partial charge in [-0.1, -0.05) is 57.9 Å². The Labute approximate surface area is 131 Å². The van der Waals surface area contributed by atoms with Crippen molar-refractivity contribution in [1.82, 2.24) is 0 Å². The van der Waals surface area contributed by atoms with Crippen LogP contribution in [0.3, 0.4) is 0 Å². The number of benzene rings is 1. The Balaban J connectivity index is 0. The van der Waals surface area contributed by atoms with Crippen molar-refractivity contribution >= 4 is 6.08 Å². The Kier molecular flexibility index (Phi) is 17.6. The molecule has 0 aliphatic carbocycles. The molecular weight excluding hydrogens is 260 g/mol. The highest BCUT2D eigenvalue weighted by atomic mass is 16.5. The lowest BCUT2D eigenvalue weighted by Crippen LogP contribution is -1.87. The van der Waals surface area contributed by atoms with Crippen molar-refractivity contribution in [2.75, 3.05) is 13.7 Å². The van der Waals surface area contributed by atoms with Crippen LogP contribution in [0.1, 0.15) is 64.5 Å². The van der Waals surface area contributed by atoms with E-state index in [2.05, 4.69) is 31.2 Å². The molecule has 1 rings (SSSR count). The summed E-state index contributed by atoms with van der Waals surface area (Å²) in [7, 11) is 1.70. The Morgan fingerprint density at radius 1 is 1.05 bits per heavy atom. The van der Waals surface area contributed by atoms with Gasteiger partial charge >= 0.3 is 0 Å². The monoisotopic (exact) mass is 294 g/mol. The molecule has 0 aliphatic heterocycles. The molecule has 122 valence electrons. The topological polar surface area (TPSA) is 29.5 Å². The molecule has 0 bridgehead atoms. The van der Waals surface area contributed by atoms with Crippen molar-refractivity contribution in [2.45, 2.75) is 60.3 Å². The third-order valence-corrected chi connectivity index (χ3v) is 2.71. The van der Waals surface area contributed by atoms with Gasteiger partial charge in [0.25, 0.3) is 0 Å². The van der Waals surface area contributed by atoms with Crippen LogP contribution in [0.5, 0.6) is 5.75 Å². The number of methoxy groups -OCH3 is 1. The minimum atomic E-state index is 0.301. The molecule has 1 aromatic rings. The Morgan fingerprint density at radius 3 is 2.29 bits per heavy atom. The highest BCUT2D eigenvalue weighted by Gasteiger charge is 1.98. The molecule has 0 spiro atoms. The van der Waals surface area contributed by atoms with Gasteiger partial charge in [0.1, 0.15) is 5.75 Å². The predicted octanol–water partition coefficient (Wildman–Crippen LogP) is 5.62. The Morgan fingerprint density at radius 2 is 1.71 bits per heavy atom. The van der Waals surface area contributed by atoms with Gasteiger partial charge in [0, 0.05) is 12.2 Å². The predicted molar refractivity (Wildman–Crippen MR) is 95.0 cm³/mol. The molecule has 1 aromatic carbocycles. The SMILES string of the molecule is CC.CC.COc1ccc(C)cc1/C=C/CCCCCO. The van der Waals surface area contributed by atoms with Gasteiger partial charge in [-0.25, -0.2) is 0 Å². The lowest BCUT2D eigenvalue weighted by atomic mass is 10.1. The summed E-state index contributed by atoms with van der Waals surface area (Å²) in [6.07, 6.45) is 8.47. The molecule has 0 aliphatic rings. The molecule has 0 amide bonds. The normalized spacial score (nSPS) is 9.48. The van der Waals surface area contributed by atoms with Crippen molar-refractivity contribution in [3.8, 4) is 5.75 Å². The zero-order chi connectivity index (χ0) is 16.5. The maximum absolute atomic E-state index is 8.67. The number of aryl methyl sites for hydroxylation is 1. The average molecular weight is 294 g/mol. The molecule has 2 nitrogen and oxygen atoms in total. The number of unbranched alkanes of at least 4 members (excludes halogenated alkanes) is 3. The van der Waals surface area contributed by atoms with Crippen LogP contribution in [0.4, 0.5) is 0 Å². The van der Waals surface area contributed by atoms with E-state index in [0.29, 0.717) is 6.61 Å². The first-order valence-electron chi connectivity index (χ1n) is 8.20. The lowest BCUT2D eigenvalue weighted by molar-refractivity contribution is 0.283. The first kappa shape index (κ1) is 22.0. The summed E-state index contributed by atoms with van der Waals surface area (Å²) in [5, 5.41) is 8.67. The van der Waals surface area contributed by atoms with Crippen molar-refractivity contribution in [3.05, 3.63) is 35.4 Å². The molecule has 0 saturated carbocycles. The summed E-state index contributed by atoms with van der Waals surface area (Å²) >= 11 is 0. The Bertz CT molecular complexity index is 357. The standard InChI is InChI=1S/C15H22O2.2C2H6/c1-13-9-10-15(17-2)14(12-13)8-6-4-3-5-7-11-16;2*1-2/h6,8-10,12,16H,3-5,7,11H2,1-2H3;2*1-2H3/b8-6+;;. The van der Waals surface area contributed by atoms with Gasteiger partial charge in [-0.05, 0) is 38.3 Å². The summed E-state index contributed by atoms with van der Waals surface area (Å²) in [4.78, 5) is 0. The molecular formula is C19H34O2.